The fourth-order valence-electron chi connectivity index (χ4n) is 6.43. The van der Waals surface area contributed by atoms with Crippen LogP contribution in [0.5, 0.6) is 0 Å². The van der Waals surface area contributed by atoms with Gasteiger partial charge in [-0.1, -0.05) is 30.3 Å². The van der Waals surface area contributed by atoms with Crippen molar-refractivity contribution in [3.05, 3.63) is 130 Å². The number of halogens is 1. The minimum atomic E-state index is -0.300. The summed E-state index contributed by atoms with van der Waals surface area (Å²) in [4.78, 5) is 15.4. The first-order valence-electron chi connectivity index (χ1n) is 13.0. The van der Waals surface area contributed by atoms with Crippen LogP contribution in [-0.4, -0.2) is 30.1 Å². The molecule has 2 aliphatic rings. The Balaban J connectivity index is 1.37. The van der Waals surface area contributed by atoms with E-state index in [1.807, 2.05) is 11.0 Å². The van der Waals surface area contributed by atoms with Crippen LogP contribution in [0.25, 0.3) is 0 Å². The van der Waals surface area contributed by atoms with E-state index in [0.717, 1.165) is 28.1 Å². The molecule has 5 nitrogen and oxygen atoms in total. The lowest BCUT2D eigenvalue weighted by atomic mass is 9.85. The molecule has 192 valence electrons. The summed E-state index contributed by atoms with van der Waals surface area (Å²) in [5.74, 6) is 0.205. The van der Waals surface area contributed by atoms with E-state index in [9.17, 15) is 9.18 Å². The molecule has 0 spiro atoms. The van der Waals surface area contributed by atoms with Crippen LogP contribution in [0.2, 0.25) is 0 Å². The molecule has 6 rings (SSSR count). The lowest BCUT2D eigenvalue weighted by Crippen LogP contribution is -2.34. The molecule has 1 saturated carbocycles. The molecular weight excluding hydrogens is 487 g/mol. The van der Waals surface area contributed by atoms with Crippen molar-refractivity contribution in [2.24, 2.45) is 5.92 Å². The monoisotopic (exact) mass is 514 g/mol. The first-order valence-corrected chi connectivity index (χ1v) is 13.0. The number of nitrogens with zero attached hydrogens (tertiary/aromatic N) is 2. The number of nitriles is 1. The van der Waals surface area contributed by atoms with E-state index in [2.05, 4.69) is 54.7 Å². The van der Waals surface area contributed by atoms with Gasteiger partial charge in [-0.05, 0) is 90.2 Å². The topological polar surface area (TPSA) is 80.0 Å². The summed E-state index contributed by atoms with van der Waals surface area (Å²) < 4.78 is 13.4. The molecule has 2 fully saturated rings. The zero-order valence-corrected chi connectivity index (χ0v) is 21.5. The quantitative estimate of drug-likeness (QED) is 0.286. The van der Waals surface area contributed by atoms with Gasteiger partial charge in [0.2, 0.25) is 0 Å². The SMILES string of the molecule is Cc1cc(Nc2ccc(F)cc2)c(C=N)cc1C12CN(C(=O)c3ccc(C#N)cc3)CC1C2c1ccccc1. The van der Waals surface area contributed by atoms with Crippen LogP contribution in [0.1, 0.15) is 44.1 Å². The van der Waals surface area contributed by atoms with Gasteiger partial charge >= 0.3 is 0 Å². The fraction of sp³-hybridized carbons (Fsp3) is 0.182. The van der Waals surface area contributed by atoms with Crippen LogP contribution < -0.4 is 5.32 Å². The molecule has 39 heavy (non-hydrogen) atoms. The lowest BCUT2D eigenvalue weighted by molar-refractivity contribution is 0.0769. The van der Waals surface area contributed by atoms with Gasteiger partial charge in [0.15, 0.2) is 0 Å². The molecule has 6 heteroatoms. The summed E-state index contributed by atoms with van der Waals surface area (Å²) >= 11 is 0. The Hall–Kier alpha value is -4.76. The first kappa shape index (κ1) is 24.6. The van der Waals surface area contributed by atoms with Gasteiger partial charge in [-0.25, -0.2) is 4.39 Å². The van der Waals surface area contributed by atoms with Crippen molar-refractivity contribution >= 4 is 23.5 Å². The van der Waals surface area contributed by atoms with E-state index < -0.39 is 0 Å². The van der Waals surface area contributed by atoms with Crippen molar-refractivity contribution in [1.82, 2.24) is 4.90 Å². The lowest BCUT2D eigenvalue weighted by Gasteiger charge is -2.26. The molecule has 0 radical (unpaired) electrons. The molecule has 1 heterocycles. The molecular formula is C33H27FN4O. The normalized spacial score (nSPS) is 21.1. The Morgan fingerprint density at radius 3 is 2.46 bits per heavy atom. The van der Waals surface area contributed by atoms with Crippen LogP contribution in [0.3, 0.4) is 0 Å². The maximum absolute atomic E-state index is 13.5. The third kappa shape index (κ3) is 4.17. The number of carbonyl (C=O) groups excluding carboxylic acids is 1. The number of amides is 1. The largest absolute Gasteiger partial charge is 0.355 e. The number of likely N-dealkylation sites (tertiary alicyclic amines) is 1. The summed E-state index contributed by atoms with van der Waals surface area (Å²) in [5.41, 5.74) is 6.63. The van der Waals surface area contributed by atoms with Crippen LogP contribution in [0.4, 0.5) is 15.8 Å². The number of rotatable bonds is 6. The molecule has 4 aromatic carbocycles. The van der Waals surface area contributed by atoms with Gasteiger partial charge in [0, 0.05) is 53.1 Å². The zero-order chi connectivity index (χ0) is 27.1. The van der Waals surface area contributed by atoms with Gasteiger partial charge in [0.25, 0.3) is 5.91 Å². The molecule has 1 aliphatic heterocycles. The molecule has 4 aromatic rings. The average molecular weight is 515 g/mol. The third-order valence-corrected chi connectivity index (χ3v) is 8.26. The summed E-state index contributed by atoms with van der Waals surface area (Å²) in [5, 5.41) is 20.6. The molecule has 3 atom stereocenters. The Morgan fingerprint density at radius 2 is 1.79 bits per heavy atom. The number of nitrogens with one attached hydrogen (secondary N) is 2. The van der Waals surface area contributed by atoms with Gasteiger partial charge in [0.05, 0.1) is 11.6 Å². The number of hydrogen-bond acceptors (Lipinski definition) is 4. The van der Waals surface area contributed by atoms with Crippen molar-refractivity contribution in [3.63, 3.8) is 0 Å². The number of hydrogen-bond donors (Lipinski definition) is 2. The van der Waals surface area contributed by atoms with Crippen LogP contribution in [-0.2, 0) is 5.41 Å². The highest BCUT2D eigenvalue weighted by Crippen LogP contribution is 2.70. The Bertz CT molecular complexity index is 1610. The Morgan fingerprint density at radius 1 is 1.08 bits per heavy atom. The second-order valence-electron chi connectivity index (χ2n) is 10.4. The molecule has 1 aliphatic carbocycles. The van der Waals surface area contributed by atoms with E-state index in [1.54, 1.807) is 36.4 Å². The fourth-order valence-corrected chi connectivity index (χ4v) is 6.43. The van der Waals surface area contributed by atoms with E-state index in [-0.39, 0.29) is 29.0 Å². The number of fused-ring (bicyclic) bond motifs is 1. The Kier molecular flexibility index (Phi) is 6.00. The number of piperidine rings is 1. The van der Waals surface area contributed by atoms with Crippen molar-refractivity contribution in [1.29, 1.82) is 10.7 Å². The zero-order valence-electron chi connectivity index (χ0n) is 21.5. The van der Waals surface area contributed by atoms with Crippen molar-refractivity contribution < 1.29 is 9.18 Å². The Labute approximate surface area is 227 Å². The van der Waals surface area contributed by atoms with Gasteiger partial charge < -0.3 is 15.6 Å². The standard InChI is InChI=1S/C33H27FN4O/c1-21-15-30(37-27-13-11-26(34)12-14-27)25(18-36)16-28(21)33-20-38(32(39)24-9-7-22(17-35)8-10-24)19-29(33)31(33)23-5-3-2-4-6-23/h2-16,18,29,31,36-37H,19-20H2,1H3. The minimum Gasteiger partial charge on any atom is -0.355 e. The number of aryl methyl sites for hydroxylation is 1. The average Bonchev–Trinajstić information content (AvgIpc) is 3.42. The highest BCUT2D eigenvalue weighted by atomic mass is 19.1. The highest BCUT2D eigenvalue weighted by Gasteiger charge is 2.70. The van der Waals surface area contributed by atoms with Crippen molar-refractivity contribution in [3.8, 4) is 6.07 Å². The maximum Gasteiger partial charge on any atom is 0.253 e. The second-order valence-corrected chi connectivity index (χ2v) is 10.4. The van der Waals surface area contributed by atoms with Gasteiger partial charge in [-0.3, -0.25) is 4.79 Å². The summed E-state index contributed by atoms with van der Waals surface area (Å²) in [6, 6.07) is 29.7. The third-order valence-electron chi connectivity index (χ3n) is 8.26. The molecule has 3 unspecified atom stereocenters. The van der Waals surface area contributed by atoms with E-state index in [4.69, 9.17) is 10.7 Å². The molecule has 2 N–H and O–H groups in total. The van der Waals surface area contributed by atoms with E-state index in [1.165, 1.54) is 23.9 Å². The first-order chi connectivity index (χ1) is 18.9. The van der Waals surface area contributed by atoms with Gasteiger partial charge in [-0.15, -0.1) is 0 Å². The molecule has 1 amide bonds. The van der Waals surface area contributed by atoms with Crippen LogP contribution in [0, 0.1) is 35.4 Å². The summed E-state index contributed by atoms with van der Waals surface area (Å²) in [6.45, 7) is 3.31. The minimum absolute atomic E-state index is 0.0302. The van der Waals surface area contributed by atoms with E-state index >= 15 is 0 Å². The van der Waals surface area contributed by atoms with Crippen molar-refractivity contribution in [2.45, 2.75) is 18.3 Å². The molecule has 0 aromatic heterocycles. The number of anilines is 2. The van der Waals surface area contributed by atoms with Gasteiger partial charge in [-0.2, -0.15) is 5.26 Å². The smallest absolute Gasteiger partial charge is 0.253 e. The second kappa shape index (κ2) is 9.52. The summed E-state index contributed by atoms with van der Waals surface area (Å²) in [7, 11) is 0. The van der Waals surface area contributed by atoms with Crippen LogP contribution in [0.15, 0.2) is 91.0 Å². The van der Waals surface area contributed by atoms with Crippen LogP contribution >= 0.6 is 0 Å². The predicted molar refractivity (Wildman–Crippen MR) is 150 cm³/mol. The predicted octanol–water partition coefficient (Wildman–Crippen LogP) is 6.55. The number of benzene rings is 4. The highest BCUT2D eigenvalue weighted by molar-refractivity contribution is 5.95. The number of carbonyl (C=O) groups is 1. The van der Waals surface area contributed by atoms with Gasteiger partial charge in [0.1, 0.15) is 5.82 Å². The molecule has 1 saturated heterocycles. The summed E-state index contributed by atoms with van der Waals surface area (Å²) in [6.07, 6.45) is 1.34. The molecule has 0 bridgehead atoms. The van der Waals surface area contributed by atoms with Crippen molar-refractivity contribution in [2.75, 3.05) is 18.4 Å². The van der Waals surface area contributed by atoms with E-state index in [0.29, 0.717) is 24.2 Å². The maximum atomic E-state index is 13.5.